The third kappa shape index (κ3) is 3.03. The number of fused-ring (bicyclic) bond motifs is 1. The third-order valence-electron chi connectivity index (χ3n) is 4.09. The summed E-state index contributed by atoms with van der Waals surface area (Å²) in [5.41, 5.74) is 4.48. The molecule has 4 heteroatoms. The lowest BCUT2D eigenvalue weighted by atomic mass is 10.2. The van der Waals surface area contributed by atoms with Gasteiger partial charge in [-0.15, -0.1) is 0 Å². The second-order valence-corrected chi connectivity index (χ2v) is 6.14. The van der Waals surface area contributed by atoms with Crippen molar-refractivity contribution >= 4 is 35.4 Å². The minimum Gasteiger partial charge on any atom is -0.310 e. The number of anilines is 2. The fourth-order valence-corrected chi connectivity index (χ4v) is 3.12. The summed E-state index contributed by atoms with van der Waals surface area (Å²) in [4.78, 5) is 11.3. The molecule has 0 radical (unpaired) electrons. The molecule has 0 unspecified atom stereocenters. The van der Waals surface area contributed by atoms with Crippen molar-refractivity contribution < 1.29 is 0 Å². The van der Waals surface area contributed by atoms with Crippen LogP contribution in [0.3, 0.4) is 0 Å². The van der Waals surface area contributed by atoms with E-state index in [2.05, 4.69) is 39.1 Å². The zero-order valence-corrected chi connectivity index (χ0v) is 13.8. The summed E-state index contributed by atoms with van der Waals surface area (Å²) < 4.78 is 0. The van der Waals surface area contributed by atoms with Gasteiger partial charge < -0.3 is 4.90 Å². The summed E-state index contributed by atoms with van der Waals surface area (Å²) in [5, 5.41) is 0.731. The quantitative estimate of drug-likeness (QED) is 0.675. The molecule has 0 fully saturated rings. The first-order chi connectivity index (χ1) is 11.8. The van der Waals surface area contributed by atoms with Crippen molar-refractivity contribution in [2.45, 2.75) is 6.42 Å². The average Bonchev–Trinajstić information content (AvgIpc) is 3.04. The molecule has 4 rings (SSSR count). The van der Waals surface area contributed by atoms with Gasteiger partial charge in [-0.1, -0.05) is 48.0 Å². The maximum absolute atomic E-state index is 6.02. The van der Waals surface area contributed by atoms with Gasteiger partial charge in [0.05, 0.1) is 5.69 Å². The fraction of sp³-hybridized carbons (Fsp3) is 0.100. The molecular weight excluding hydrogens is 318 g/mol. The molecule has 0 spiro atoms. The summed E-state index contributed by atoms with van der Waals surface area (Å²) in [6.07, 6.45) is 6.83. The van der Waals surface area contributed by atoms with Crippen molar-refractivity contribution in [2.24, 2.45) is 0 Å². The van der Waals surface area contributed by atoms with Crippen molar-refractivity contribution in [3.8, 4) is 0 Å². The van der Waals surface area contributed by atoms with Gasteiger partial charge in [0, 0.05) is 23.5 Å². The molecular formula is C20H16ClN3. The summed E-state index contributed by atoms with van der Waals surface area (Å²) >= 11 is 6.02. The van der Waals surface area contributed by atoms with Crippen LogP contribution in [-0.2, 0) is 6.42 Å². The second-order valence-electron chi connectivity index (χ2n) is 5.70. The number of rotatable bonds is 3. The molecule has 0 atom stereocenters. The van der Waals surface area contributed by atoms with Crippen molar-refractivity contribution in [2.75, 3.05) is 11.4 Å². The Morgan fingerprint density at radius 3 is 2.83 bits per heavy atom. The SMILES string of the molecule is Clc1cccc(/C=C/c2ccnc(N3CCc4ccccc43)n2)c1. The van der Waals surface area contributed by atoms with E-state index in [0.717, 1.165) is 35.2 Å². The van der Waals surface area contributed by atoms with Gasteiger partial charge >= 0.3 is 0 Å². The maximum atomic E-state index is 6.02. The second kappa shape index (κ2) is 6.46. The molecule has 3 aromatic rings. The molecule has 1 aromatic heterocycles. The van der Waals surface area contributed by atoms with Gasteiger partial charge in [0.1, 0.15) is 0 Å². The Bertz CT molecular complexity index is 905. The topological polar surface area (TPSA) is 29.0 Å². The van der Waals surface area contributed by atoms with Crippen molar-refractivity contribution in [1.82, 2.24) is 9.97 Å². The largest absolute Gasteiger partial charge is 0.310 e. The van der Waals surface area contributed by atoms with Crippen LogP contribution in [0.2, 0.25) is 5.02 Å². The molecule has 118 valence electrons. The van der Waals surface area contributed by atoms with Gasteiger partial charge in [0.15, 0.2) is 0 Å². The molecule has 24 heavy (non-hydrogen) atoms. The summed E-state index contributed by atoms with van der Waals surface area (Å²) in [5.74, 6) is 0.744. The van der Waals surface area contributed by atoms with Crippen LogP contribution in [0.15, 0.2) is 60.8 Å². The van der Waals surface area contributed by atoms with Gasteiger partial charge in [0.2, 0.25) is 5.95 Å². The molecule has 0 saturated heterocycles. The molecule has 3 nitrogen and oxygen atoms in total. The Labute approximate surface area is 146 Å². The fourth-order valence-electron chi connectivity index (χ4n) is 2.92. The Hall–Kier alpha value is -2.65. The predicted octanol–water partition coefficient (Wildman–Crippen LogP) is 4.99. The first-order valence-corrected chi connectivity index (χ1v) is 8.29. The number of benzene rings is 2. The van der Waals surface area contributed by atoms with Crippen LogP contribution in [0.5, 0.6) is 0 Å². The van der Waals surface area contributed by atoms with Crippen LogP contribution in [0.4, 0.5) is 11.6 Å². The van der Waals surface area contributed by atoms with Crippen molar-refractivity contribution in [3.05, 3.63) is 82.6 Å². The van der Waals surface area contributed by atoms with Crippen LogP contribution < -0.4 is 4.90 Å². The van der Waals surface area contributed by atoms with E-state index < -0.39 is 0 Å². The monoisotopic (exact) mass is 333 g/mol. The first-order valence-electron chi connectivity index (χ1n) is 7.92. The number of hydrogen-bond acceptors (Lipinski definition) is 3. The lowest BCUT2D eigenvalue weighted by Gasteiger charge is -2.17. The van der Waals surface area contributed by atoms with E-state index in [4.69, 9.17) is 11.6 Å². The van der Waals surface area contributed by atoms with Crippen LogP contribution in [0.25, 0.3) is 12.2 Å². The summed E-state index contributed by atoms with van der Waals surface area (Å²) in [7, 11) is 0. The molecule has 2 aromatic carbocycles. The zero-order chi connectivity index (χ0) is 16.4. The highest BCUT2D eigenvalue weighted by Gasteiger charge is 2.21. The minimum absolute atomic E-state index is 0.731. The van der Waals surface area contributed by atoms with Gasteiger partial charge in [-0.2, -0.15) is 0 Å². The lowest BCUT2D eigenvalue weighted by Crippen LogP contribution is -2.16. The van der Waals surface area contributed by atoms with E-state index in [-0.39, 0.29) is 0 Å². The maximum Gasteiger partial charge on any atom is 0.230 e. The highest BCUT2D eigenvalue weighted by Crippen LogP contribution is 2.32. The van der Waals surface area contributed by atoms with Gasteiger partial charge in [-0.05, 0) is 47.9 Å². The Kier molecular flexibility index (Phi) is 4.01. The van der Waals surface area contributed by atoms with E-state index in [1.807, 2.05) is 42.5 Å². The number of aromatic nitrogens is 2. The van der Waals surface area contributed by atoms with E-state index in [1.54, 1.807) is 6.20 Å². The lowest BCUT2D eigenvalue weighted by molar-refractivity contribution is 0.937. The van der Waals surface area contributed by atoms with Gasteiger partial charge in [-0.25, -0.2) is 9.97 Å². The molecule has 0 aliphatic carbocycles. The molecule has 0 saturated carbocycles. The predicted molar refractivity (Wildman–Crippen MR) is 99.6 cm³/mol. The van der Waals surface area contributed by atoms with Crippen LogP contribution in [-0.4, -0.2) is 16.5 Å². The highest BCUT2D eigenvalue weighted by molar-refractivity contribution is 6.30. The number of nitrogens with zero attached hydrogens (tertiary/aromatic N) is 3. The van der Waals surface area contributed by atoms with Crippen molar-refractivity contribution in [3.63, 3.8) is 0 Å². The molecule has 1 aliphatic heterocycles. The smallest absolute Gasteiger partial charge is 0.230 e. The molecule has 0 bridgehead atoms. The van der Waals surface area contributed by atoms with Crippen LogP contribution >= 0.6 is 11.6 Å². The normalized spacial score (nSPS) is 13.5. The van der Waals surface area contributed by atoms with E-state index >= 15 is 0 Å². The number of halogens is 1. The highest BCUT2D eigenvalue weighted by atomic mass is 35.5. The molecule has 2 heterocycles. The van der Waals surface area contributed by atoms with E-state index in [0.29, 0.717) is 0 Å². The summed E-state index contributed by atoms with van der Waals surface area (Å²) in [6.45, 7) is 0.917. The van der Waals surface area contributed by atoms with E-state index in [9.17, 15) is 0 Å². The molecule has 0 amide bonds. The summed E-state index contributed by atoms with van der Waals surface area (Å²) in [6, 6.07) is 18.1. The Balaban J connectivity index is 1.61. The zero-order valence-electron chi connectivity index (χ0n) is 13.1. The van der Waals surface area contributed by atoms with Crippen LogP contribution in [0.1, 0.15) is 16.8 Å². The number of hydrogen-bond donors (Lipinski definition) is 0. The van der Waals surface area contributed by atoms with E-state index in [1.165, 1.54) is 11.3 Å². The van der Waals surface area contributed by atoms with Gasteiger partial charge in [0.25, 0.3) is 0 Å². The molecule has 0 N–H and O–H groups in total. The average molecular weight is 334 g/mol. The first kappa shape index (κ1) is 14.9. The van der Waals surface area contributed by atoms with Crippen LogP contribution in [0, 0.1) is 0 Å². The van der Waals surface area contributed by atoms with Crippen molar-refractivity contribution in [1.29, 1.82) is 0 Å². The third-order valence-corrected chi connectivity index (χ3v) is 4.32. The minimum atomic E-state index is 0.731. The Morgan fingerprint density at radius 2 is 1.92 bits per heavy atom. The molecule has 1 aliphatic rings. The Morgan fingerprint density at radius 1 is 1.00 bits per heavy atom. The number of para-hydroxylation sites is 1. The standard InChI is InChI=1S/C20H16ClN3/c21-17-6-3-4-15(14-17)8-9-18-10-12-22-20(23-18)24-13-11-16-5-1-2-7-19(16)24/h1-10,12,14H,11,13H2/b9-8+. The van der Waals surface area contributed by atoms with Gasteiger partial charge in [-0.3, -0.25) is 0 Å².